The third-order valence-electron chi connectivity index (χ3n) is 4.45. The van der Waals surface area contributed by atoms with Gasteiger partial charge in [-0.2, -0.15) is 0 Å². The standard InChI is InChI=1S/C13H28N2/c1-4-13(5-2,6-3)15-11-12(14)9-7-8-10-12/h15H,4-11,14H2,1-3H3. The van der Waals surface area contributed by atoms with Gasteiger partial charge >= 0.3 is 0 Å². The molecule has 0 aromatic heterocycles. The first-order chi connectivity index (χ1) is 7.10. The summed E-state index contributed by atoms with van der Waals surface area (Å²) in [5, 5.41) is 3.74. The molecule has 3 N–H and O–H groups in total. The third-order valence-corrected chi connectivity index (χ3v) is 4.45. The number of rotatable bonds is 6. The van der Waals surface area contributed by atoms with Crippen molar-refractivity contribution in [3.63, 3.8) is 0 Å². The zero-order valence-corrected chi connectivity index (χ0v) is 10.7. The largest absolute Gasteiger partial charge is 0.324 e. The van der Waals surface area contributed by atoms with Crippen LogP contribution in [0, 0.1) is 0 Å². The Kier molecular flexibility index (Phi) is 4.60. The second-order valence-electron chi connectivity index (χ2n) is 5.26. The molecule has 0 aromatic carbocycles. The van der Waals surface area contributed by atoms with Crippen molar-refractivity contribution in [1.82, 2.24) is 5.32 Å². The van der Waals surface area contributed by atoms with Gasteiger partial charge in [0.15, 0.2) is 0 Å². The minimum Gasteiger partial charge on any atom is -0.324 e. The lowest BCUT2D eigenvalue weighted by atomic mass is 9.88. The molecule has 0 spiro atoms. The zero-order valence-electron chi connectivity index (χ0n) is 10.7. The Morgan fingerprint density at radius 3 is 1.93 bits per heavy atom. The molecule has 1 rings (SSSR count). The molecule has 2 heteroatoms. The van der Waals surface area contributed by atoms with E-state index in [1.807, 2.05) is 0 Å². The highest BCUT2D eigenvalue weighted by Crippen LogP contribution is 2.28. The van der Waals surface area contributed by atoms with Crippen molar-refractivity contribution in [3.05, 3.63) is 0 Å². The van der Waals surface area contributed by atoms with Crippen LogP contribution in [0.2, 0.25) is 0 Å². The monoisotopic (exact) mass is 212 g/mol. The Balaban J connectivity index is 2.45. The predicted molar refractivity (Wildman–Crippen MR) is 67.0 cm³/mol. The van der Waals surface area contributed by atoms with E-state index in [4.69, 9.17) is 5.73 Å². The molecule has 1 fully saturated rings. The van der Waals surface area contributed by atoms with E-state index in [0.29, 0.717) is 5.54 Å². The van der Waals surface area contributed by atoms with Crippen molar-refractivity contribution in [2.45, 2.75) is 76.8 Å². The van der Waals surface area contributed by atoms with Gasteiger partial charge in [-0.25, -0.2) is 0 Å². The Labute approximate surface area is 95.0 Å². The molecule has 1 aliphatic carbocycles. The van der Waals surface area contributed by atoms with Crippen LogP contribution in [0.4, 0.5) is 0 Å². The van der Waals surface area contributed by atoms with E-state index in [0.717, 1.165) is 6.54 Å². The molecule has 2 nitrogen and oxygen atoms in total. The lowest BCUT2D eigenvalue weighted by Crippen LogP contribution is -2.54. The van der Waals surface area contributed by atoms with Crippen molar-refractivity contribution in [2.75, 3.05) is 6.54 Å². The Bertz CT molecular complexity index is 171. The molecule has 0 amide bonds. The van der Waals surface area contributed by atoms with Gasteiger partial charge in [-0.3, -0.25) is 0 Å². The van der Waals surface area contributed by atoms with Gasteiger partial charge in [-0.1, -0.05) is 33.6 Å². The lowest BCUT2D eigenvalue weighted by molar-refractivity contribution is 0.255. The smallest absolute Gasteiger partial charge is 0.0281 e. The number of hydrogen-bond donors (Lipinski definition) is 2. The summed E-state index contributed by atoms with van der Waals surface area (Å²) in [6.45, 7) is 7.83. The second kappa shape index (κ2) is 5.31. The van der Waals surface area contributed by atoms with Gasteiger partial charge in [0.05, 0.1) is 0 Å². The van der Waals surface area contributed by atoms with E-state index in [2.05, 4.69) is 26.1 Å². The number of hydrogen-bond acceptors (Lipinski definition) is 2. The molecule has 0 aromatic rings. The molecule has 1 saturated carbocycles. The van der Waals surface area contributed by atoms with Gasteiger partial charge in [0.1, 0.15) is 0 Å². The Morgan fingerprint density at radius 1 is 1.07 bits per heavy atom. The van der Waals surface area contributed by atoms with Crippen LogP contribution in [0.1, 0.15) is 65.7 Å². The van der Waals surface area contributed by atoms with Gasteiger partial charge in [0.2, 0.25) is 0 Å². The molecular weight excluding hydrogens is 184 g/mol. The molecule has 0 heterocycles. The highest BCUT2D eigenvalue weighted by Gasteiger charge is 2.32. The van der Waals surface area contributed by atoms with Crippen molar-refractivity contribution in [3.8, 4) is 0 Å². The second-order valence-corrected chi connectivity index (χ2v) is 5.26. The van der Waals surface area contributed by atoms with Crippen molar-refractivity contribution < 1.29 is 0 Å². The quantitative estimate of drug-likeness (QED) is 0.710. The van der Waals surface area contributed by atoms with Crippen LogP contribution in [-0.2, 0) is 0 Å². The maximum Gasteiger partial charge on any atom is 0.0281 e. The van der Waals surface area contributed by atoms with Crippen LogP contribution in [0.5, 0.6) is 0 Å². The highest BCUT2D eigenvalue weighted by molar-refractivity contribution is 4.95. The number of nitrogens with two attached hydrogens (primary N) is 1. The molecular formula is C13H28N2. The summed E-state index contributed by atoms with van der Waals surface area (Å²) < 4.78 is 0. The van der Waals surface area contributed by atoms with Crippen LogP contribution < -0.4 is 11.1 Å². The molecule has 0 bridgehead atoms. The van der Waals surface area contributed by atoms with Gasteiger partial charge in [0.25, 0.3) is 0 Å². The first kappa shape index (κ1) is 13.0. The van der Waals surface area contributed by atoms with Gasteiger partial charge in [-0.05, 0) is 32.1 Å². The fourth-order valence-electron chi connectivity index (χ4n) is 2.74. The van der Waals surface area contributed by atoms with Gasteiger partial charge < -0.3 is 11.1 Å². The van der Waals surface area contributed by atoms with E-state index in [-0.39, 0.29) is 5.54 Å². The maximum atomic E-state index is 6.37. The van der Waals surface area contributed by atoms with Crippen molar-refractivity contribution >= 4 is 0 Å². The first-order valence-electron chi connectivity index (χ1n) is 6.63. The van der Waals surface area contributed by atoms with Crippen LogP contribution in [0.25, 0.3) is 0 Å². The summed E-state index contributed by atoms with van der Waals surface area (Å²) in [5.74, 6) is 0. The summed E-state index contributed by atoms with van der Waals surface area (Å²) in [7, 11) is 0. The fraction of sp³-hybridized carbons (Fsp3) is 1.00. The van der Waals surface area contributed by atoms with E-state index >= 15 is 0 Å². The maximum absolute atomic E-state index is 6.37. The summed E-state index contributed by atoms with van der Waals surface area (Å²) in [6.07, 6.45) is 8.65. The van der Waals surface area contributed by atoms with Crippen LogP contribution >= 0.6 is 0 Å². The summed E-state index contributed by atoms with van der Waals surface area (Å²) >= 11 is 0. The van der Waals surface area contributed by atoms with Crippen molar-refractivity contribution in [1.29, 1.82) is 0 Å². The van der Waals surface area contributed by atoms with Crippen LogP contribution in [0.15, 0.2) is 0 Å². The van der Waals surface area contributed by atoms with Crippen LogP contribution in [-0.4, -0.2) is 17.6 Å². The van der Waals surface area contributed by atoms with E-state index < -0.39 is 0 Å². The fourth-order valence-corrected chi connectivity index (χ4v) is 2.74. The summed E-state index contributed by atoms with van der Waals surface area (Å²) in [4.78, 5) is 0. The molecule has 1 aliphatic rings. The van der Waals surface area contributed by atoms with E-state index in [1.165, 1.54) is 44.9 Å². The normalized spacial score (nSPS) is 20.8. The van der Waals surface area contributed by atoms with Crippen LogP contribution in [0.3, 0.4) is 0 Å². The molecule has 0 radical (unpaired) electrons. The van der Waals surface area contributed by atoms with E-state index in [1.54, 1.807) is 0 Å². The lowest BCUT2D eigenvalue weighted by Gasteiger charge is -2.36. The molecule has 0 saturated heterocycles. The predicted octanol–water partition coefficient (Wildman–Crippen LogP) is 2.82. The Hall–Kier alpha value is -0.0800. The highest BCUT2D eigenvalue weighted by atomic mass is 15.0. The molecule has 0 unspecified atom stereocenters. The molecule has 90 valence electrons. The minimum absolute atomic E-state index is 0.0881. The van der Waals surface area contributed by atoms with Gasteiger partial charge in [-0.15, -0.1) is 0 Å². The van der Waals surface area contributed by atoms with Gasteiger partial charge in [0, 0.05) is 17.6 Å². The minimum atomic E-state index is 0.0881. The molecule has 15 heavy (non-hydrogen) atoms. The SMILES string of the molecule is CCC(CC)(CC)NCC1(N)CCCC1. The summed E-state index contributed by atoms with van der Waals surface area (Å²) in [5.41, 5.74) is 6.78. The average molecular weight is 212 g/mol. The summed E-state index contributed by atoms with van der Waals surface area (Å²) in [6, 6.07) is 0. The van der Waals surface area contributed by atoms with Crippen molar-refractivity contribution in [2.24, 2.45) is 5.73 Å². The average Bonchev–Trinajstić information content (AvgIpc) is 2.69. The van der Waals surface area contributed by atoms with E-state index in [9.17, 15) is 0 Å². The topological polar surface area (TPSA) is 38.0 Å². The number of nitrogens with one attached hydrogen (secondary N) is 1. The Morgan fingerprint density at radius 2 is 1.53 bits per heavy atom. The molecule has 0 aliphatic heterocycles. The molecule has 0 atom stereocenters. The first-order valence-corrected chi connectivity index (χ1v) is 6.63. The zero-order chi connectivity index (χ0) is 11.4. The third kappa shape index (κ3) is 3.18.